The largest absolute Gasteiger partial charge is 0.379 e. The second kappa shape index (κ2) is 8.48. The Labute approximate surface area is 128 Å². The molecule has 0 aromatic heterocycles. The number of aryl methyl sites for hydroxylation is 1. The van der Waals surface area contributed by atoms with Crippen LogP contribution in [0.1, 0.15) is 18.1 Å². The van der Waals surface area contributed by atoms with Crippen molar-refractivity contribution in [1.82, 2.24) is 0 Å². The third-order valence-corrected chi connectivity index (χ3v) is 3.63. The molecule has 0 saturated carbocycles. The number of anilines is 1. The Kier molecular flexibility index (Phi) is 6.29. The molecule has 2 rings (SSSR count). The summed E-state index contributed by atoms with van der Waals surface area (Å²) in [6.45, 7) is 7.82. The van der Waals surface area contributed by atoms with Crippen molar-refractivity contribution in [2.24, 2.45) is 0 Å². The van der Waals surface area contributed by atoms with Crippen LogP contribution in [0.25, 0.3) is 0 Å². The van der Waals surface area contributed by atoms with E-state index in [0.29, 0.717) is 0 Å². The molecule has 0 N–H and O–H groups in total. The molecular weight excluding hydrogens is 258 g/mol. The Morgan fingerprint density at radius 2 is 1.76 bits per heavy atom. The molecule has 0 bridgehead atoms. The highest BCUT2D eigenvalue weighted by molar-refractivity contribution is 5.48. The summed E-state index contributed by atoms with van der Waals surface area (Å²) < 4.78 is 5.78. The molecule has 2 aromatic rings. The lowest BCUT2D eigenvalue weighted by atomic mass is 10.2. The van der Waals surface area contributed by atoms with Crippen molar-refractivity contribution in [3.05, 3.63) is 65.7 Å². The fourth-order valence-corrected chi connectivity index (χ4v) is 2.41. The highest BCUT2D eigenvalue weighted by Gasteiger charge is 2.04. The average molecular weight is 283 g/mol. The van der Waals surface area contributed by atoms with E-state index >= 15 is 0 Å². The minimum atomic E-state index is 0.772. The third-order valence-electron chi connectivity index (χ3n) is 3.63. The van der Waals surface area contributed by atoms with Gasteiger partial charge in [-0.2, -0.15) is 0 Å². The van der Waals surface area contributed by atoms with E-state index in [1.165, 1.54) is 16.8 Å². The molecule has 0 aliphatic heterocycles. The lowest BCUT2D eigenvalue weighted by Crippen LogP contribution is -2.27. The van der Waals surface area contributed by atoms with E-state index in [1.807, 2.05) is 6.07 Å². The molecule has 0 heterocycles. The average Bonchev–Trinajstić information content (AvgIpc) is 2.52. The summed E-state index contributed by atoms with van der Waals surface area (Å²) in [7, 11) is 0. The van der Waals surface area contributed by atoms with Gasteiger partial charge in [0, 0.05) is 18.8 Å². The molecule has 0 radical (unpaired) electrons. The molecule has 21 heavy (non-hydrogen) atoms. The van der Waals surface area contributed by atoms with Crippen LogP contribution in [0.15, 0.2) is 54.6 Å². The molecule has 0 saturated heterocycles. The van der Waals surface area contributed by atoms with Crippen molar-refractivity contribution >= 4 is 5.69 Å². The molecule has 2 heteroatoms. The van der Waals surface area contributed by atoms with E-state index in [-0.39, 0.29) is 0 Å². The predicted molar refractivity (Wildman–Crippen MR) is 90.0 cm³/mol. The fraction of sp³-hybridized carbons (Fsp3) is 0.368. The second-order valence-electron chi connectivity index (χ2n) is 5.27. The summed E-state index contributed by atoms with van der Waals surface area (Å²) in [6.07, 6.45) is 0.984. The zero-order chi connectivity index (χ0) is 14.9. The molecule has 112 valence electrons. The standard InChI is InChI=1S/C19H25NO/c1-3-20(19-11-7-8-17(2)16-19)13-15-21-14-12-18-9-5-4-6-10-18/h4-11,16H,3,12-15H2,1-2H3. The van der Waals surface area contributed by atoms with Gasteiger partial charge in [-0.25, -0.2) is 0 Å². The Morgan fingerprint density at radius 1 is 0.952 bits per heavy atom. The first-order chi connectivity index (χ1) is 10.3. The molecule has 2 aromatic carbocycles. The van der Waals surface area contributed by atoms with Gasteiger partial charge in [-0.05, 0) is 43.5 Å². The van der Waals surface area contributed by atoms with Gasteiger partial charge in [0.2, 0.25) is 0 Å². The van der Waals surface area contributed by atoms with Crippen molar-refractivity contribution in [2.45, 2.75) is 20.3 Å². The highest BCUT2D eigenvalue weighted by atomic mass is 16.5. The first-order valence-corrected chi connectivity index (χ1v) is 7.73. The van der Waals surface area contributed by atoms with Crippen LogP contribution in [0.2, 0.25) is 0 Å². The van der Waals surface area contributed by atoms with Gasteiger partial charge >= 0.3 is 0 Å². The van der Waals surface area contributed by atoms with Crippen LogP contribution >= 0.6 is 0 Å². The molecule has 0 amide bonds. The number of likely N-dealkylation sites (N-methyl/N-ethyl adjacent to an activating group) is 1. The second-order valence-corrected chi connectivity index (χ2v) is 5.27. The van der Waals surface area contributed by atoms with Gasteiger partial charge in [0.25, 0.3) is 0 Å². The van der Waals surface area contributed by atoms with Crippen molar-refractivity contribution in [1.29, 1.82) is 0 Å². The van der Waals surface area contributed by atoms with E-state index in [9.17, 15) is 0 Å². The van der Waals surface area contributed by atoms with Crippen LogP contribution in [0.3, 0.4) is 0 Å². The van der Waals surface area contributed by atoms with Crippen LogP contribution < -0.4 is 4.90 Å². The van der Waals surface area contributed by atoms with E-state index in [1.54, 1.807) is 0 Å². The quantitative estimate of drug-likeness (QED) is 0.677. The maximum absolute atomic E-state index is 5.78. The Balaban J connectivity index is 1.71. The van der Waals surface area contributed by atoms with Crippen LogP contribution in [0, 0.1) is 6.92 Å². The van der Waals surface area contributed by atoms with E-state index in [4.69, 9.17) is 4.74 Å². The summed E-state index contributed by atoms with van der Waals surface area (Å²) in [5.74, 6) is 0. The number of ether oxygens (including phenoxy) is 1. The number of benzene rings is 2. The van der Waals surface area contributed by atoms with Crippen LogP contribution in [0.4, 0.5) is 5.69 Å². The number of nitrogens with zero attached hydrogens (tertiary/aromatic N) is 1. The molecule has 0 aliphatic carbocycles. The van der Waals surface area contributed by atoms with Gasteiger partial charge < -0.3 is 9.64 Å². The molecule has 0 aliphatic rings. The van der Waals surface area contributed by atoms with Crippen molar-refractivity contribution in [3.8, 4) is 0 Å². The maximum Gasteiger partial charge on any atom is 0.0641 e. The Bertz CT molecular complexity index is 524. The topological polar surface area (TPSA) is 12.5 Å². The summed E-state index contributed by atoms with van der Waals surface area (Å²) in [6, 6.07) is 19.1. The van der Waals surface area contributed by atoms with Crippen LogP contribution in [-0.2, 0) is 11.2 Å². The first-order valence-electron chi connectivity index (χ1n) is 7.73. The first kappa shape index (κ1) is 15.6. The predicted octanol–water partition coefficient (Wildman–Crippen LogP) is 4.08. The van der Waals surface area contributed by atoms with Gasteiger partial charge in [0.15, 0.2) is 0 Å². The molecule has 2 nitrogen and oxygen atoms in total. The smallest absolute Gasteiger partial charge is 0.0641 e. The van der Waals surface area contributed by atoms with E-state index in [0.717, 1.165) is 32.7 Å². The molecule has 0 fully saturated rings. The third kappa shape index (κ3) is 5.24. The zero-order valence-electron chi connectivity index (χ0n) is 13.1. The molecule has 0 spiro atoms. The lowest BCUT2D eigenvalue weighted by molar-refractivity contribution is 0.143. The van der Waals surface area contributed by atoms with Gasteiger partial charge in [-0.3, -0.25) is 0 Å². The van der Waals surface area contributed by atoms with Gasteiger partial charge in [0.05, 0.1) is 13.2 Å². The highest BCUT2D eigenvalue weighted by Crippen LogP contribution is 2.15. The summed E-state index contributed by atoms with van der Waals surface area (Å²) in [4.78, 5) is 2.36. The van der Waals surface area contributed by atoms with E-state index < -0.39 is 0 Å². The summed E-state index contributed by atoms with van der Waals surface area (Å²) in [5.41, 5.74) is 3.92. The van der Waals surface area contributed by atoms with Gasteiger partial charge in [0.1, 0.15) is 0 Å². The van der Waals surface area contributed by atoms with Crippen molar-refractivity contribution in [3.63, 3.8) is 0 Å². The molecule has 0 atom stereocenters. The maximum atomic E-state index is 5.78. The van der Waals surface area contributed by atoms with Crippen molar-refractivity contribution < 1.29 is 4.74 Å². The monoisotopic (exact) mass is 283 g/mol. The SMILES string of the molecule is CCN(CCOCCc1ccccc1)c1cccc(C)c1. The van der Waals surface area contributed by atoms with Gasteiger partial charge in [-0.15, -0.1) is 0 Å². The van der Waals surface area contributed by atoms with Crippen molar-refractivity contribution in [2.75, 3.05) is 31.2 Å². The van der Waals surface area contributed by atoms with Crippen LogP contribution in [0.5, 0.6) is 0 Å². The zero-order valence-corrected chi connectivity index (χ0v) is 13.1. The number of hydrogen-bond acceptors (Lipinski definition) is 2. The fourth-order valence-electron chi connectivity index (χ4n) is 2.41. The summed E-state index contributed by atoms with van der Waals surface area (Å²) >= 11 is 0. The van der Waals surface area contributed by atoms with Gasteiger partial charge in [-0.1, -0.05) is 42.5 Å². The number of rotatable bonds is 8. The Hall–Kier alpha value is -1.80. The van der Waals surface area contributed by atoms with Crippen LogP contribution in [-0.4, -0.2) is 26.3 Å². The van der Waals surface area contributed by atoms with E-state index in [2.05, 4.69) is 67.3 Å². The number of hydrogen-bond donors (Lipinski definition) is 0. The minimum absolute atomic E-state index is 0.772. The Morgan fingerprint density at radius 3 is 2.48 bits per heavy atom. The molecular formula is C19H25NO. The lowest BCUT2D eigenvalue weighted by Gasteiger charge is -2.23. The summed E-state index contributed by atoms with van der Waals surface area (Å²) in [5, 5.41) is 0. The normalized spacial score (nSPS) is 10.6. The minimum Gasteiger partial charge on any atom is -0.379 e. The molecule has 0 unspecified atom stereocenters.